The van der Waals surface area contributed by atoms with Crippen molar-refractivity contribution in [2.24, 2.45) is 5.92 Å². The molecular formula is C23H34O7. The molecule has 3 fully saturated rings. The summed E-state index contributed by atoms with van der Waals surface area (Å²) in [4.78, 5) is 0. The summed E-state index contributed by atoms with van der Waals surface area (Å²) >= 11 is 0. The van der Waals surface area contributed by atoms with E-state index >= 15 is 0 Å². The van der Waals surface area contributed by atoms with E-state index in [4.69, 9.17) is 33.2 Å². The lowest BCUT2D eigenvalue weighted by atomic mass is 9.99. The molecule has 0 N–H and O–H groups in total. The second-order valence-corrected chi connectivity index (χ2v) is 9.57. The van der Waals surface area contributed by atoms with Gasteiger partial charge in [-0.05, 0) is 51.3 Å². The van der Waals surface area contributed by atoms with Crippen LogP contribution in [0.25, 0.3) is 0 Å². The highest BCUT2D eigenvalue weighted by Gasteiger charge is 2.60. The molecule has 168 valence electrons. The van der Waals surface area contributed by atoms with Crippen LogP contribution in [0.4, 0.5) is 0 Å². The van der Waals surface area contributed by atoms with Gasteiger partial charge in [0.15, 0.2) is 17.9 Å². The van der Waals surface area contributed by atoms with Crippen molar-refractivity contribution in [3.8, 4) is 5.75 Å². The van der Waals surface area contributed by atoms with Crippen LogP contribution in [-0.4, -0.2) is 55.5 Å². The molecule has 0 aliphatic carbocycles. The van der Waals surface area contributed by atoms with E-state index in [-0.39, 0.29) is 24.4 Å². The van der Waals surface area contributed by atoms with Gasteiger partial charge < -0.3 is 33.2 Å². The Labute approximate surface area is 178 Å². The molecule has 7 heteroatoms. The summed E-state index contributed by atoms with van der Waals surface area (Å²) in [6, 6.07) is 7.98. The summed E-state index contributed by atoms with van der Waals surface area (Å²) < 4.78 is 42.1. The molecule has 30 heavy (non-hydrogen) atoms. The van der Waals surface area contributed by atoms with Crippen LogP contribution in [0.2, 0.25) is 0 Å². The second-order valence-electron chi connectivity index (χ2n) is 9.57. The van der Waals surface area contributed by atoms with E-state index in [0.717, 1.165) is 11.3 Å². The molecule has 0 unspecified atom stereocenters. The van der Waals surface area contributed by atoms with Gasteiger partial charge in [-0.15, -0.1) is 0 Å². The van der Waals surface area contributed by atoms with Crippen molar-refractivity contribution in [1.82, 2.24) is 0 Å². The van der Waals surface area contributed by atoms with Gasteiger partial charge in [-0.2, -0.15) is 0 Å². The average Bonchev–Trinajstić information content (AvgIpc) is 3.15. The zero-order valence-corrected chi connectivity index (χ0v) is 18.8. The predicted molar refractivity (Wildman–Crippen MR) is 109 cm³/mol. The van der Waals surface area contributed by atoms with E-state index in [2.05, 4.69) is 13.8 Å². The van der Waals surface area contributed by atoms with Crippen molar-refractivity contribution in [3.63, 3.8) is 0 Å². The highest BCUT2D eigenvalue weighted by atomic mass is 16.9. The topological polar surface area (TPSA) is 64.6 Å². The van der Waals surface area contributed by atoms with Crippen LogP contribution in [0.3, 0.4) is 0 Å². The van der Waals surface area contributed by atoms with E-state index in [1.54, 1.807) is 0 Å². The summed E-state index contributed by atoms with van der Waals surface area (Å²) in [6.45, 7) is 13.4. The SMILES string of the molecule is CC(C)COc1ccc(COC[C@@H]2O[C@@H]3OC(C)(C)O[C@@H]3[C@@H]3OC(C)(C)O[C@H]32)cc1. The fourth-order valence-corrected chi connectivity index (χ4v) is 4.07. The van der Waals surface area contributed by atoms with Crippen molar-refractivity contribution in [2.75, 3.05) is 13.2 Å². The minimum absolute atomic E-state index is 0.258. The maximum absolute atomic E-state index is 6.17. The van der Waals surface area contributed by atoms with Gasteiger partial charge in [0.1, 0.15) is 30.2 Å². The molecule has 3 aliphatic rings. The molecule has 0 saturated carbocycles. The van der Waals surface area contributed by atoms with Crippen molar-refractivity contribution < 1.29 is 33.2 Å². The van der Waals surface area contributed by atoms with Gasteiger partial charge in [0.05, 0.1) is 19.8 Å². The standard InChI is InChI=1S/C23H34O7/c1-14(2)11-25-16-9-7-15(8-10-16)12-24-13-17-18-19(28-22(3,4)27-18)20-21(26-17)30-23(5,6)29-20/h7-10,14,17-21H,11-13H2,1-6H3/t17-,18-,19+,20+,21+/m0/s1. The number of hydrogen-bond acceptors (Lipinski definition) is 7. The molecule has 4 rings (SSSR count). The molecule has 3 saturated heterocycles. The molecule has 0 spiro atoms. The number of fused-ring (bicyclic) bond motifs is 3. The minimum atomic E-state index is -0.717. The van der Waals surface area contributed by atoms with Gasteiger partial charge in [-0.25, -0.2) is 0 Å². The van der Waals surface area contributed by atoms with Crippen LogP contribution in [0, 0.1) is 5.92 Å². The molecule has 7 nitrogen and oxygen atoms in total. The fraction of sp³-hybridized carbons (Fsp3) is 0.739. The zero-order chi connectivity index (χ0) is 21.5. The Bertz CT molecular complexity index is 715. The van der Waals surface area contributed by atoms with E-state index in [9.17, 15) is 0 Å². The van der Waals surface area contributed by atoms with Crippen LogP contribution in [-0.2, 0) is 35.0 Å². The first kappa shape index (κ1) is 22.0. The number of ether oxygens (including phenoxy) is 7. The molecule has 0 aromatic heterocycles. The number of rotatable bonds is 7. The first-order chi connectivity index (χ1) is 14.1. The fourth-order valence-electron chi connectivity index (χ4n) is 4.07. The monoisotopic (exact) mass is 422 g/mol. The molecule has 0 radical (unpaired) electrons. The maximum Gasteiger partial charge on any atom is 0.190 e. The maximum atomic E-state index is 6.17. The summed E-state index contributed by atoms with van der Waals surface area (Å²) in [5.74, 6) is -0.0473. The lowest BCUT2D eigenvalue weighted by Gasteiger charge is -2.37. The van der Waals surface area contributed by atoms with Gasteiger partial charge in [-0.1, -0.05) is 26.0 Å². The van der Waals surface area contributed by atoms with E-state index in [1.165, 1.54) is 0 Å². The van der Waals surface area contributed by atoms with Crippen molar-refractivity contribution in [3.05, 3.63) is 29.8 Å². The molecule has 0 amide bonds. The Morgan fingerprint density at radius 1 is 0.867 bits per heavy atom. The van der Waals surface area contributed by atoms with Crippen molar-refractivity contribution >= 4 is 0 Å². The molecule has 3 aliphatic heterocycles. The second kappa shape index (κ2) is 8.37. The van der Waals surface area contributed by atoms with Gasteiger partial charge in [0.2, 0.25) is 0 Å². The summed E-state index contributed by atoms with van der Waals surface area (Å²) in [6.07, 6.45) is -1.65. The third-order valence-electron chi connectivity index (χ3n) is 5.31. The molecule has 3 heterocycles. The molecule has 1 aromatic carbocycles. The molecular weight excluding hydrogens is 388 g/mol. The number of hydrogen-bond donors (Lipinski definition) is 0. The van der Waals surface area contributed by atoms with Crippen LogP contribution in [0.5, 0.6) is 5.75 Å². The van der Waals surface area contributed by atoms with Crippen molar-refractivity contribution in [1.29, 1.82) is 0 Å². The number of benzene rings is 1. The quantitative estimate of drug-likeness (QED) is 0.665. The Morgan fingerprint density at radius 2 is 1.50 bits per heavy atom. The van der Waals surface area contributed by atoms with Gasteiger partial charge in [-0.3, -0.25) is 0 Å². The van der Waals surface area contributed by atoms with Crippen molar-refractivity contribution in [2.45, 2.75) is 90.4 Å². The third-order valence-corrected chi connectivity index (χ3v) is 5.31. The first-order valence-corrected chi connectivity index (χ1v) is 10.8. The van der Waals surface area contributed by atoms with Crippen LogP contribution in [0.15, 0.2) is 24.3 Å². The van der Waals surface area contributed by atoms with Gasteiger partial charge in [0.25, 0.3) is 0 Å². The van der Waals surface area contributed by atoms with E-state index in [0.29, 0.717) is 25.7 Å². The van der Waals surface area contributed by atoms with E-state index < -0.39 is 17.9 Å². The Morgan fingerprint density at radius 3 is 2.20 bits per heavy atom. The van der Waals surface area contributed by atoms with E-state index in [1.807, 2.05) is 52.0 Å². The predicted octanol–water partition coefficient (Wildman–Crippen LogP) is 3.63. The first-order valence-electron chi connectivity index (χ1n) is 10.8. The van der Waals surface area contributed by atoms with Crippen LogP contribution >= 0.6 is 0 Å². The largest absolute Gasteiger partial charge is 0.493 e. The Balaban J connectivity index is 1.34. The molecule has 5 atom stereocenters. The van der Waals surface area contributed by atoms with Gasteiger partial charge in [0, 0.05) is 0 Å². The lowest BCUT2D eigenvalue weighted by Crippen LogP contribution is -2.56. The van der Waals surface area contributed by atoms with Crippen LogP contribution in [0.1, 0.15) is 47.1 Å². The zero-order valence-electron chi connectivity index (χ0n) is 18.8. The lowest BCUT2D eigenvalue weighted by molar-refractivity contribution is -0.243. The average molecular weight is 423 g/mol. The highest BCUT2D eigenvalue weighted by Crippen LogP contribution is 2.44. The third kappa shape index (κ3) is 4.98. The Hall–Kier alpha value is -1.22. The summed E-state index contributed by atoms with van der Waals surface area (Å²) in [5, 5.41) is 0. The summed E-state index contributed by atoms with van der Waals surface area (Å²) in [5.41, 5.74) is 1.07. The Kier molecular flexibility index (Phi) is 6.14. The minimum Gasteiger partial charge on any atom is -0.493 e. The molecule has 1 aromatic rings. The highest BCUT2D eigenvalue weighted by molar-refractivity contribution is 5.26. The normalized spacial score (nSPS) is 34.0. The molecule has 0 bridgehead atoms. The smallest absolute Gasteiger partial charge is 0.190 e. The van der Waals surface area contributed by atoms with Gasteiger partial charge >= 0.3 is 0 Å². The van der Waals surface area contributed by atoms with Crippen LogP contribution < -0.4 is 4.74 Å². The summed E-state index contributed by atoms with van der Waals surface area (Å²) in [7, 11) is 0.